The molecular formula is C26H35N2O3+. The van der Waals surface area contributed by atoms with Crippen LogP contribution in [0.3, 0.4) is 0 Å². The Morgan fingerprint density at radius 1 is 1.00 bits per heavy atom. The lowest BCUT2D eigenvalue weighted by Crippen LogP contribution is -3.12. The van der Waals surface area contributed by atoms with Crippen LogP contribution in [0.15, 0.2) is 48.5 Å². The van der Waals surface area contributed by atoms with Crippen LogP contribution in [0.5, 0.6) is 11.5 Å². The van der Waals surface area contributed by atoms with Gasteiger partial charge in [-0.1, -0.05) is 30.3 Å². The van der Waals surface area contributed by atoms with Gasteiger partial charge in [-0.15, -0.1) is 0 Å². The van der Waals surface area contributed by atoms with Crippen LogP contribution in [-0.2, 0) is 17.9 Å². The summed E-state index contributed by atoms with van der Waals surface area (Å²) in [6.07, 6.45) is 5.74. The van der Waals surface area contributed by atoms with Crippen LogP contribution >= 0.6 is 0 Å². The maximum Gasteiger partial charge on any atom is 0.231 e. The number of hydrogen-bond donors (Lipinski definition) is 1. The highest BCUT2D eigenvalue weighted by molar-refractivity contribution is 5.79. The molecule has 1 unspecified atom stereocenters. The third-order valence-electron chi connectivity index (χ3n) is 6.55. The summed E-state index contributed by atoms with van der Waals surface area (Å²) in [5.74, 6) is 2.10. The van der Waals surface area contributed by atoms with E-state index >= 15 is 0 Å². The highest BCUT2D eigenvalue weighted by atomic mass is 16.5. The first-order chi connectivity index (χ1) is 15.2. The van der Waals surface area contributed by atoms with Gasteiger partial charge in [0.25, 0.3) is 0 Å². The van der Waals surface area contributed by atoms with Gasteiger partial charge in [0.2, 0.25) is 5.91 Å². The molecule has 2 aromatic rings. The minimum atomic E-state index is 0.178. The summed E-state index contributed by atoms with van der Waals surface area (Å²) in [6, 6.07) is 16.4. The van der Waals surface area contributed by atoms with Crippen molar-refractivity contribution in [3.63, 3.8) is 0 Å². The lowest BCUT2D eigenvalue weighted by atomic mass is 9.95. The largest absolute Gasteiger partial charge is 0.493 e. The highest BCUT2D eigenvalue weighted by Crippen LogP contribution is 2.29. The molecule has 2 heterocycles. The molecule has 2 atom stereocenters. The van der Waals surface area contributed by atoms with Crippen molar-refractivity contribution >= 4 is 5.91 Å². The molecule has 0 aliphatic carbocycles. The van der Waals surface area contributed by atoms with Crippen molar-refractivity contribution in [2.75, 3.05) is 33.3 Å². The molecule has 166 valence electrons. The number of nitrogens with zero attached hydrogens (tertiary/aromatic N) is 1. The van der Waals surface area contributed by atoms with Crippen molar-refractivity contribution in [2.45, 2.75) is 45.3 Å². The maximum absolute atomic E-state index is 13.0. The van der Waals surface area contributed by atoms with Gasteiger partial charge in [0.15, 0.2) is 11.5 Å². The number of amides is 1. The lowest BCUT2D eigenvalue weighted by molar-refractivity contribution is -0.921. The Bertz CT molecular complexity index is 849. The fraction of sp³-hybridized carbons (Fsp3) is 0.500. The van der Waals surface area contributed by atoms with Gasteiger partial charge in [-0.25, -0.2) is 0 Å². The molecule has 2 saturated heterocycles. The molecule has 5 heteroatoms. The molecule has 1 amide bonds. The highest BCUT2D eigenvalue weighted by Gasteiger charge is 2.32. The third kappa shape index (κ3) is 5.79. The van der Waals surface area contributed by atoms with Crippen LogP contribution in [0.2, 0.25) is 0 Å². The van der Waals surface area contributed by atoms with Crippen LogP contribution < -0.4 is 14.4 Å². The van der Waals surface area contributed by atoms with Gasteiger partial charge in [-0.2, -0.15) is 0 Å². The molecule has 0 bridgehead atoms. The van der Waals surface area contributed by atoms with E-state index in [1.165, 1.54) is 16.9 Å². The van der Waals surface area contributed by atoms with Gasteiger partial charge in [0.1, 0.15) is 13.2 Å². The fourth-order valence-corrected chi connectivity index (χ4v) is 4.86. The number of carbonyl (C=O) groups excluding carboxylic acids is 1. The van der Waals surface area contributed by atoms with E-state index in [2.05, 4.69) is 29.2 Å². The minimum absolute atomic E-state index is 0.178. The Kier molecular flexibility index (Phi) is 7.47. The molecule has 2 aliphatic rings. The average molecular weight is 424 g/mol. The van der Waals surface area contributed by atoms with Gasteiger partial charge in [0.05, 0.1) is 26.1 Å². The second-order valence-corrected chi connectivity index (χ2v) is 8.87. The average Bonchev–Trinajstić information content (AvgIpc) is 2.84. The predicted molar refractivity (Wildman–Crippen MR) is 121 cm³/mol. The first-order valence-electron chi connectivity index (χ1n) is 11.7. The van der Waals surface area contributed by atoms with Crippen molar-refractivity contribution in [3.8, 4) is 11.5 Å². The Morgan fingerprint density at radius 2 is 1.81 bits per heavy atom. The summed E-state index contributed by atoms with van der Waals surface area (Å²) in [5, 5.41) is 0. The minimum Gasteiger partial charge on any atom is -0.493 e. The molecule has 2 aromatic carbocycles. The molecule has 5 nitrogen and oxygen atoms in total. The van der Waals surface area contributed by atoms with Crippen LogP contribution in [0.1, 0.15) is 43.2 Å². The number of rotatable bonds is 7. The molecular weight excluding hydrogens is 388 g/mol. The number of hydrogen-bond acceptors (Lipinski definition) is 3. The topological polar surface area (TPSA) is 43.2 Å². The summed E-state index contributed by atoms with van der Waals surface area (Å²) < 4.78 is 11.6. The third-order valence-corrected chi connectivity index (χ3v) is 6.55. The van der Waals surface area contributed by atoms with Gasteiger partial charge >= 0.3 is 0 Å². The summed E-state index contributed by atoms with van der Waals surface area (Å²) in [4.78, 5) is 16.6. The Morgan fingerprint density at radius 3 is 2.58 bits per heavy atom. The molecule has 0 aromatic heterocycles. The second kappa shape index (κ2) is 10.7. The number of methoxy groups -OCH3 is 1. The molecule has 2 fully saturated rings. The Hall–Kier alpha value is -2.53. The summed E-state index contributed by atoms with van der Waals surface area (Å²) >= 11 is 0. The number of quaternary nitrogens is 1. The normalized spacial score (nSPS) is 21.5. The van der Waals surface area contributed by atoms with E-state index in [0.29, 0.717) is 12.5 Å². The molecule has 31 heavy (non-hydrogen) atoms. The smallest absolute Gasteiger partial charge is 0.231 e. The molecule has 0 spiro atoms. The molecule has 0 radical (unpaired) electrons. The first-order valence-corrected chi connectivity index (χ1v) is 11.7. The van der Waals surface area contributed by atoms with E-state index in [1.807, 2.05) is 24.3 Å². The van der Waals surface area contributed by atoms with Crippen LogP contribution in [0, 0.1) is 5.92 Å². The number of nitrogens with one attached hydrogen (secondary N) is 1. The molecule has 4 rings (SSSR count). The van der Waals surface area contributed by atoms with Gasteiger partial charge in [0, 0.05) is 18.7 Å². The van der Waals surface area contributed by atoms with Crippen molar-refractivity contribution in [1.82, 2.24) is 4.90 Å². The van der Waals surface area contributed by atoms with Crippen LogP contribution in [0.4, 0.5) is 0 Å². The van der Waals surface area contributed by atoms with E-state index < -0.39 is 0 Å². The fourth-order valence-electron chi connectivity index (χ4n) is 4.86. The number of benzene rings is 2. The number of likely N-dealkylation sites (tertiary alicyclic amines) is 2. The molecule has 1 N–H and O–H groups in total. The van der Waals surface area contributed by atoms with Crippen LogP contribution in [0.25, 0.3) is 0 Å². The quantitative estimate of drug-likeness (QED) is 0.744. The van der Waals surface area contributed by atoms with Gasteiger partial charge in [-0.3, -0.25) is 4.79 Å². The van der Waals surface area contributed by atoms with Crippen LogP contribution in [-0.4, -0.2) is 44.1 Å². The first kappa shape index (κ1) is 21.7. The zero-order chi connectivity index (χ0) is 21.5. The maximum atomic E-state index is 13.0. The Balaban J connectivity index is 1.35. The van der Waals surface area contributed by atoms with E-state index in [4.69, 9.17) is 9.47 Å². The van der Waals surface area contributed by atoms with E-state index in [0.717, 1.165) is 75.5 Å². The van der Waals surface area contributed by atoms with Crippen molar-refractivity contribution in [2.24, 2.45) is 5.92 Å². The van der Waals surface area contributed by atoms with E-state index in [9.17, 15) is 4.79 Å². The number of carbonyl (C=O) groups is 1. The van der Waals surface area contributed by atoms with Gasteiger partial charge in [-0.05, 0) is 55.9 Å². The van der Waals surface area contributed by atoms with Gasteiger partial charge < -0.3 is 19.3 Å². The predicted octanol–water partition coefficient (Wildman–Crippen LogP) is 3.08. The van der Waals surface area contributed by atoms with Crippen molar-refractivity contribution in [1.29, 1.82) is 0 Å². The van der Waals surface area contributed by atoms with Crippen molar-refractivity contribution < 1.29 is 19.2 Å². The standard InChI is InChI=1S/C26H34N2O3/c1-30-25-17-22(12-13-24(25)31-20-21-9-4-2-5-10-21)18-27-14-8-11-23(19-27)26(29)28-15-6-3-7-16-28/h2,4-5,9-10,12-13,17,23H,3,6-8,11,14-16,18-20H2,1H3/p+1/t23-/m0/s1. The second-order valence-electron chi connectivity index (χ2n) is 8.87. The summed E-state index contributed by atoms with van der Waals surface area (Å²) in [5.41, 5.74) is 2.36. The van der Waals surface area contributed by atoms with Crippen molar-refractivity contribution in [3.05, 3.63) is 59.7 Å². The number of ether oxygens (including phenoxy) is 2. The summed E-state index contributed by atoms with van der Waals surface area (Å²) in [7, 11) is 1.69. The molecule has 2 aliphatic heterocycles. The zero-order valence-electron chi connectivity index (χ0n) is 18.6. The van der Waals surface area contributed by atoms with E-state index in [-0.39, 0.29) is 5.92 Å². The zero-order valence-corrected chi connectivity index (χ0v) is 18.6. The molecule has 0 saturated carbocycles. The lowest BCUT2D eigenvalue weighted by Gasteiger charge is -2.34. The Labute approximate surface area is 185 Å². The number of piperidine rings is 2. The monoisotopic (exact) mass is 423 g/mol. The van der Waals surface area contributed by atoms with E-state index in [1.54, 1.807) is 7.11 Å². The SMILES string of the molecule is COc1cc(C[NH+]2CCC[C@H](C(=O)N3CCCCC3)C2)ccc1OCc1ccccc1. The summed E-state index contributed by atoms with van der Waals surface area (Å²) in [6.45, 7) is 5.40.